The SMILES string of the molecule is CC.CCc1nc(C(C)O)sc1-c1csc(Nc2ccc(CNc3ccc(Cl)cc3F)cn2)n1.CP. The van der Waals surface area contributed by atoms with Gasteiger partial charge in [-0.2, -0.15) is 0 Å². The fraction of sp³-hybridized carbons (Fsp3) is 0.320. The van der Waals surface area contributed by atoms with E-state index in [1.807, 2.05) is 44.9 Å². The average Bonchev–Trinajstić information content (AvgIpc) is 3.54. The second kappa shape index (κ2) is 15.2. The quantitative estimate of drug-likeness (QED) is 0.187. The number of aryl methyl sites for hydroxylation is 1. The van der Waals surface area contributed by atoms with Crippen LogP contribution >= 0.6 is 43.5 Å². The molecule has 194 valence electrons. The molecule has 1 aromatic carbocycles. The van der Waals surface area contributed by atoms with Crippen molar-refractivity contribution in [3.63, 3.8) is 0 Å². The van der Waals surface area contributed by atoms with E-state index in [9.17, 15) is 9.50 Å². The summed E-state index contributed by atoms with van der Waals surface area (Å²) in [5, 5.41) is 19.8. The first-order chi connectivity index (χ1) is 17.4. The van der Waals surface area contributed by atoms with Gasteiger partial charge >= 0.3 is 0 Å². The fourth-order valence-electron chi connectivity index (χ4n) is 2.97. The van der Waals surface area contributed by atoms with Crippen LogP contribution in [0.1, 0.15) is 50.1 Å². The predicted molar refractivity (Wildman–Crippen MR) is 156 cm³/mol. The maximum absolute atomic E-state index is 13.9. The van der Waals surface area contributed by atoms with Gasteiger partial charge in [0.2, 0.25) is 0 Å². The van der Waals surface area contributed by atoms with Crippen molar-refractivity contribution in [2.24, 2.45) is 0 Å². The summed E-state index contributed by atoms with van der Waals surface area (Å²) in [5.74, 6) is 0.271. The Morgan fingerprint density at radius 2 is 1.92 bits per heavy atom. The molecule has 3 heterocycles. The minimum absolute atomic E-state index is 0.361. The third kappa shape index (κ3) is 8.18. The second-order valence-corrected chi connectivity index (χ2v) is 9.37. The highest BCUT2D eigenvalue weighted by atomic mass is 35.5. The van der Waals surface area contributed by atoms with Gasteiger partial charge in [0.05, 0.1) is 22.0 Å². The van der Waals surface area contributed by atoms with Gasteiger partial charge in [-0.1, -0.05) is 45.1 Å². The van der Waals surface area contributed by atoms with Crippen molar-refractivity contribution < 1.29 is 9.50 Å². The first kappa shape index (κ1) is 30.1. The maximum atomic E-state index is 13.9. The largest absolute Gasteiger partial charge is 0.386 e. The van der Waals surface area contributed by atoms with Crippen LogP contribution in [0, 0.1) is 5.82 Å². The topological polar surface area (TPSA) is 83.0 Å². The molecule has 36 heavy (non-hydrogen) atoms. The highest BCUT2D eigenvalue weighted by molar-refractivity contribution is 7.17. The third-order valence-electron chi connectivity index (χ3n) is 4.62. The van der Waals surface area contributed by atoms with Crippen molar-refractivity contribution >= 4 is 60.2 Å². The lowest BCUT2D eigenvalue weighted by molar-refractivity contribution is 0.198. The summed E-state index contributed by atoms with van der Waals surface area (Å²) in [7, 11) is 2.42. The number of hydrogen-bond donors (Lipinski definition) is 3. The van der Waals surface area contributed by atoms with E-state index in [2.05, 4.69) is 34.8 Å². The van der Waals surface area contributed by atoms with E-state index in [0.717, 1.165) is 33.4 Å². The lowest BCUT2D eigenvalue weighted by Crippen LogP contribution is -2.02. The minimum Gasteiger partial charge on any atom is -0.386 e. The van der Waals surface area contributed by atoms with Crippen molar-refractivity contribution in [1.29, 1.82) is 0 Å². The molecule has 11 heteroatoms. The lowest BCUT2D eigenvalue weighted by Gasteiger charge is -2.08. The van der Waals surface area contributed by atoms with Crippen LogP contribution in [-0.4, -0.2) is 26.7 Å². The summed E-state index contributed by atoms with van der Waals surface area (Å²) in [6.45, 7) is 10.1. The number of halogens is 2. The predicted octanol–water partition coefficient (Wildman–Crippen LogP) is 7.94. The Morgan fingerprint density at radius 3 is 2.53 bits per heavy atom. The van der Waals surface area contributed by atoms with Crippen molar-refractivity contribution in [3.05, 3.63) is 69.0 Å². The van der Waals surface area contributed by atoms with Gasteiger partial charge in [0, 0.05) is 23.1 Å². The first-order valence-corrected chi connectivity index (χ1v) is 14.8. The Hall–Kier alpha value is -2.16. The highest BCUT2D eigenvalue weighted by Crippen LogP contribution is 2.35. The zero-order valence-corrected chi connectivity index (χ0v) is 24.5. The van der Waals surface area contributed by atoms with Gasteiger partial charge in [0.1, 0.15) is 22.7 Å². The van der Waals surface area contributed by atoms with E-state index in [0.29, 0.717) is 28.1 Å². The van der Waals surface area contributed by atoms with E-state index >= 15 is 0 Å². The number of aliphatic hydroxyl groups excluding tert-OH is 1. The van der Waals surface area contributed by atoms with Crippen LogP contribution in [0.3, 0.4) is 0 Å². The number of pyridine rings is 1. The van der Waals surface area contributed by atoms with Crippen molar-refractivity contribution in [2.75, 3.05) is 17.3 Å². The van der Waals surface area contributed by atoms with Crippen LogP contribution in [0.25, 0.3) is 10.6 Å². The van der Waals surface area contributed by atoms with E-state index in [-0.39, 0.29) is 0 Å². The molecule has 0 aliphatic carbocycles. The minimum atomic E-state index is -0.594. The number of thiazole rings is 2. The number of benzene rings is 1. The van der Waals surface area contributed by atoms with Gasteiger partial charge in [-0.3, -0.25) is 0 Å². The summed E-state index contributed by atoms with van der Waals surface area (Å²) in [4.78, 5) is 14.6. The van der Waals surface area contributed by atoms with Gasteiger partial charge in [0.15, 0.2) is 5.13 Å². The highest BCUT2D eigenvalue weighted by Gasteiger charge is 2.17. The molecule has 4 aromatic rings. The van der Waals surface area contributed by atoms with Gasteiger partial charge < -0.3 is 15.7 Å². The summed E-state index contributed by atoms with van der Waals surface area (Å²) >= 11 is 8.73. The molecule has 0 radical (unpaired) electrons. The van der Waals surface area contributed by atoms with Gasteiger partial charge in [0.25, 0.3) is 0 Å². The Kier molecular flexibility index (Phi) is 12.7. The van der Waals surface area contributed by atoms with Crippen LogP contribution in [0.4, 0.5) is 21.0 Å². The summed E-state index contributed by atoms with van der Waals surface area (Å²) in [5.41, 5.74) is 3.08. The zero-order valence-electron chi connectivity index (χ0n) is 21.0. The Labute approximate surface area is 227 Å². The molecular weight excluding hydrogens is 536 g/mol. The van der Waals surface area contributed by atoms with E-state index in [4.69, 9.17) is 11.6 Å². The average molecular weight is 568 g/mol. The smallest absolute Gasteiger partial charge is 0.188 e. The monoisotopic (exact) mass is 567 g/mol. The Morgan fingerprint density at radius 1 is 1.17 bits per heavy atom. The lowest BCUT2D eigenvalue weighted by atomic mass is 10.2. The molecule has 2 atom stereocenters. The summed E-state index contributed by atoms with van der Waals surface area (Å²) < 4.78 is 13.9. The molecule has 3 N–H and O–H groups in total. The Balaban J connectivity index is 0.00000109. The molecule has 3 aromatic heterocycles. The molecule has 2 unspecified atom stereocenters. The Bertz CT molecular complexity index is 1220. The second-order valence-electron chi connectivity index (χ2n) is 7.05. The molecule has 0 aliphatic rings. The number of nitrogens with one attached hydrogen (secondary N) is 2. The first-order valence-electron chi connectivity index (χ1n) is 11.5. The van der Waals surface area contributed by atoms with E-state index in [1.54, 1.807) is 25.3 Å². The van der Waals surface area contributed by atoms with Crippen molar-refractivity contribution in [2.45, 2.75) is 46.8 Å². The molecular formula is C25H32ClFN5OPS2. The van der Waals surface area contributed by atoms with Crippen LogP contribution < -0.4 is 10.6 Å². The number of aliphatic hydroxyl groups is 1. The number of hydrogen-bond acceptors (Lipinski definition) is 8. The molecule has 0 saturated heterocycles. The number of aromatic nitrogens is 3. The van der Waals surface area contributed by atoms with Crippen LogP contribution in [-0.2, 0) is 13.0 Å². The molecule has 0 amide bonds. The number of nitrogens with zero attached hydrogens (tertiary/aromatic N) is 3. The third-order valence-corrected chi connectivity index (χ3v) is 6.90. The van der Waals surface area contributed by atoms with Crippen LogP contribution in [0.2, 0.25) is 5.02 Å². The fourth-order valence-corrected chi connectivity index (χ4v) is 4.96. The van der Waals surface area contributed by atoms with Crippen LogP contribution in [0.5, 0.6) is 0 Å². The summed E-state index contributed by atoms with van der Waals surface area (Å²) in [6.07, 6.45) is 1.91. The van der Waals surface area contributed by atoms with Gasteiger partial charge in [-0.15, -0.1) is 31.9 Å². The van der Waals surface area contributed by atoms with Gasteiger partial charge in [-0.25, -0.2) is 19.3 Å². The molecule has 0 bridgehead atoms. The van der Waals surface area contributed by atoms with Crippen molar-refractivity contribution in [3.8, 4) is 10.6 Å². The normalized spacial score (nSPS) is 11.0. The standard InChI is InChI=1S/C22H21ClFN5OS2.C2H6.CH5P/c1-3-16-20(32-21(27-16)12(2)30)18-11-31-22(28-18)29-19-7-4-13(10-26-19)9-25-17-6-5-14(23)8-15(17)24;2*1-2/h4-8,10-12,25,30H,3,9H2,1-2H3,(H,26,28,29);1-2H3;2H2,1H3. The van der Waals surface area contributed by atoms with E-state index in [1.165, 1.54) is 28.7 Å². The van der Waals surface area contributed by atoms with E-state index < -0.39 is 11.9 Å². The molecule has 0 saturated carbocycles. The molecule has 0 aliphatic heterocycles. The molecule has 6 nitrogen and oxygen atoms in total. The molecule has 4 rings (SSSR count). The zero-order chi connectivity index (χ0) is 26.7. The number of anilines is 3. The number of rotatable bonds is 8. The van der Waals surface area contributed by atoms with Gasteiger partial charge in [-0.05, 0) is 43.2 Å². The summed E-state index contributed by atoms with van der Waals surface area (Å²) in [6, 6.07) is 8.29. The maximum Gasteiger partial charge on any atom is 0.188 e. The molecule has 0 spiro atoms. The van der Waals surface area contributed by atoms with Crippen molar-refractivity contribution in [1.82, 2.24) is 15.0 Å². The molecule has 0 fully saturated rings. The van der Waals surface area contributed by atoms with Crippen LogP contribution in [0.15, 0.2) is 41.9 Å².